The first-order valence-corrected chi connectivity index (χ1v) is 11.0. The highest BCUT2D eigenvalue weighted by molar-refractivity contribution is 8.04. The number of ether oxygens (including phenoxy) is 2. The number of esters is 1. The molecule has 0 aromatic heterocycles. The predicted molar refractivity (Wildman–Crippen MR) is 122 cm³/mol. The van der Waals surface area contributed by atoms with Crippen LogP contribution in [0.4, 0.5) is 0 Å². The Kier molecular flexibility index (Phi) is 7.91. The van der Waals surface area contributed by atoms with Crippen molar-refractivity contribution in [3.63, 3.8) is 0 Å². The van der Waals surface area contributed by atoms with Gasteiger partial charge in [0, 0.05) is 16.5 Å². The molecule has 0 aliphatic carbocycles. The normalized spacial score (nSPS) is 14.3. The van der Waals surface area contributed by atoms with E-state index in [0.29, 0.717) is 10.5 Å². The van der Waals surface area contributed by atoms with Gasteiger partial charge in [-0.05, 0) is 54.0 Å². The van der Waals surface area contributed by atoms with Crippen LogP contribution >= 0.6 is 11.8 Å². The van der Waals surface area contributed by atoms with Crippen LogP contribution in [0, 0.1) is 0 Å². The molecule has 4 nitrogen and oxygen atoms in total. The first-order valence-electron chi connectivity index (χ1n) is 10.2. The fourth-order valence-corrected chi connectivity index (χ4v) is 4.11. The van der Waals surface area contributed by atoms with E-state index in [9.17, 15) is 9.59 Å². The van der Waals surface area contributed by atoms with Gasteiger partial charge in [-0.15, -0.1) is 0 Å². The summed E-state index contributed by atoms with van der Waals surface area (Å²) in [5.74, 6) is 0.425. The number of hydrogen-bond donors (Lipinski definition) is 0. The van der Waals surface area contributed by atoms with E-state index in [4.69, 9.17) is 4.74 Å². The van der Waals surface area contributed by atoms with Crippen molar-refractivity contribution in [1.82, 2.24) is 0 Å². The van der Waals surface area contributed by atoms with E-state index in [1.54, 1.807) is 12.1 Å². The Labute approximate surface area is 182 Å². The van der Waals surface area contributed by atoms with Crippen LogP contribution < -0.4 is 4.74 Å². The molecule has 1 heterocycles. The minimum Gasteiger partial charge on any atom is -0.494 e. The molecule has 0 atom stereocenters. The molecule has 0 unspecified atom stereocenters. The second-order valence-corrected chi connectivity index (χ2v) is 8.11. The third-order valence-electron chi connectivity index (χ3n) is 4.75. The molecule has 156 valence electrons. The number of Topliss-reactive ketones (excluding diaryl/α,β-unsaturated/α-hetero) is 1. The zero-order valence-electron chi connectivity index (χ0n) is 17.4. The largest absolute Gasteiger partial charge is 0.494 e. The van der Waals surface area contributed by atoms with Crippen LogP contribution in [0.15, 0.2) is 58.3 Å². The summed E-state index contributed by atoms with van der Waals surface area (Å²) in [6, 6.07) is 13.4. The van der Waals surface area contributed by atoms with Crippen molar-refractivity contribution >= 4 is 35.7 Å². The Morgan fingerprint density at radius 3 is 2.53 bits per heavy atom. The number of carbonyl (C=O) groups excluding carboxylic acids is 2. The van der Waals surface area contributed by atoms with Crippen molar-refractivity contribution in [2.75, 3.05) is 13.7 Å². The van der Waals surface area contributed by atoms with Gasteiger partial charge in [0.05, 0.1) is 18.6 Å². The Bertz CT molecular complexity index is 958. The van der Waals surface area contributed by atoms with Gasteiger partial charge in [-0.3, -0.25) is 4.79 Å². The average molecular weight is 423 g/mol. The number of carbonyl (C=O) groups is 2. The van der Waals surface area contributed by atoms with Gasteiger partial charge in [-0.1, -0.05) is 56.1 Å². The summed E-state index contributed by atoms with van der Waals surface area (Å²) in [5, 5.41) is 0. The van der Waals surface area contributed by atoms with E-state index in [0.717, 1.165) is 34.8 Å². The highest BCUT2D eigenvalue weighted by Gasteiger charge is 2.25. The lowest BCUT2D eigenvalue weighted by molar-refractivity contribution is -0.134. The Balaban J connectivity index is 1.64. The topological polar surface area (TPSA) is 52.6 Å². The standard InChI is InChI=1S/C25H26O4S/c1-3-4-5-6-15-29-20-11-7-19(8-12-20)17-23-25(27)21-16-18(9-13-22(21)30-23)10-14-24(26)28-2/h7-14,16-17H,3-6,15H2,1-2H3/b14-10+,23-17-. The number of fused-ring (bicyclic) bond motifs is 1. The van der Waals surface area contributed by atoms with Crippen molar-refractivity contribution in [3.8, 4) is 5.75 Å². The summed E-state index contributed by atoms with van der Waals surface area (Å²) in [6.07, 6.45) is 9.62. The number of allylic oxidation sites excluding steroid dienone is 1. The summed E-state index contributed by atoms with van der Waals surface area (Å²) in [6.45, 7) is 2.93. The van der Waals surface area contributed by atoms with Crippen LogP contribution in [-0.2, 0) is 9.53 Å². The number of methoxy groups -OCH3 is 1. The zero-order valence-corrected chi connectivity index (χ0v) is 18.2. The SMILES string of the molecule is CCCCCCOc1ccc(/C=C2\Sc3ccc(/C=C/C(=O)OC)cc3C2=O)cc1. The van der Waals surface area contributed by atoms with E-state index in [1.165, 1.54) is 44.2 Å². The maximum absolute atomic E-state index is 12.8. The van der Waals surface area contributed by atoms with Crippen LogP contribution in [0.25, 0.3) is 12.2 Å². The molecule has 0 bridgehead atoms. The molecule has 0 N–H and O–H groups in total. The molecular formula is C25H26O4S. The monoisotopic (exact) mass is 422 g/mol. The second-order valence-electron chi connectivity index (χ2n) is 7.03. The Morgan fingerprint density at radius 1 is 1.03 bits per heavy atom. The number of benzene rings is 2. The second kappa shape index (κ2) is 10.8. The third-order valence-corrected chi connectivity index (χ3v) is 5.85. The maximum atomic E-state index is 12.8. The van der Waals surface area contributed by atoms with Gasteiger partial charge in [0.2, 0.25) is 5.78 Å². The predicted octanol–water partition coefficient (Wildman–Crippen LogP) is 6.16. The van der Waals surface area contributed by atoms with Crippen LogP contribution in [-0.4, -0.2) is 25.5 Å². The van der Waals surface area contributed by atoms with Gasteiger partial charge >= 0.3 is 5.97 Å². The highest BCUT2D eigenvalue weighted by Crippen LogP contribution is 2.41. The highest BCUT2D eigenvalue weighted by atomic mass is 32.2. The number of thioether (sulfide) groups is 1. The summed E-state index contributed by atoms with van der Waals surface area (Å²) < 4.78 is 10.4. The average Bonchev–Trinajstić information content (AvgIpc) is 3.07. The molecule has 0 spiro atoms. The molecule has 5 heteroatoms. The van der Waals surface area contributed by atoms with Crippen LogP contribution in [0.5, 0.6) is 5.75 Å². The molecule has 2 aromatic carbocycles. The van der Waals surface area contributed by atoms with E-state index >= 15 is 0 Å². The smallest absolute Gasteiger partial charge is 0.330 e. The van der Waals surface area contributed by atoms with Crippen molar-refractivity contribution in [3.05, 3.63) is 70.1 Å². The van der Waals surface area contributed by atoms with Gasteiger partial charge in [0.1, 0.15) is 5.75 Å². The fourth-order valence-electron chi connectivity index (χ4n) is 3.07. The number of ketones is 1. The molecule has 30 heavy (non-hydrogen) atoms. The summed E-state index contributed by atoms with van der Waals surface area (Å²) >= 11 is 1.47. The molecule has 0 saturated heterocycles. The van der Waals surface area contributed by atoms with Gasteiger partial charge in [-0.25, -0.2) is 4.79 Å². The molecule has 1 aliphatic heterocycles. The lowest BCUT2D eigenvalue weighted by atomic mass is 10.1. The van der Waals surface area contributed by atoms with Crippen LogP contribution in [0.3, 0.4) is 0 Å². The Morgan fingerprint density at radius 2 is 1.80 bits per heavy atom. The molecule has 2 aromatic rings. The molecule has 1 aliphatic rings. The van der Waals surface area contributed by atoms with E-state index in [1.807, 2.05) is 42.5 Å². The molecule has 3 rings (SSSR count). The van der Waals surface area contributed by atoms with Crippen molar-refractivity contribution in [2.45, 2.75) is 37.5 Å². The molecule has 0 saturated carbocycles. The lowest BCUT2D eigenvalue weighted by Crippen LogP contribution is -1.97. The first kappa shape index (κ1) is 21.9. The van der Waals surface area contributed by atoms with Gasteiger partial charge in [-0.2, -0.15) is 0 Å². The van der Waals surface area contributed by atoms with Gasteiger partial charge < -0.3 is 9.47 Å². The zero-order chi connectivity index (χ0) is 21.3. The lowest BCUT2D eigenvalue weighted by Gasteiger charge is -2.06. The van der Waals surface area contributed by atoms with Crippen molar-refractivity contribution in [2.24, 2.45) is 0 Å². The minimum absolute atomic E-state index is 0.000399. The quantitative estimate of drug-likeness (QED) is 0.275. The molecule has 0 fully saturated rings. The fraction of sp³-hybridized carbons (Fsp3) is 0.280. The summed E-state index contributed by atoms with van der Waals surface area (Å²) in [4.78, 5) is 25.7. The Hall–Kier alpha value is -2.79. The maximum Gasteiger partial charge on any atom is 0.330 e. The van der Waals surface area contributed by atoms with E-state index in [2.05, 4.69) is 11.7 Å². The minimum atomic E-state index is -0.426. The van der Waals surface area contributed by atoms with Crippen molar-refractivity contribution in [1.29, 1.82) is 0 Å². The third kappa shape index (κ3) is 5.86. The summed E-state index contributed by atoms with van der Waals surface area (Å²) in [7, 11) is 1.33. The number of hydrogen-bond acceptors (Lipinski definition) is 5. The molecular weight excluding hydrogens is 396 g/mol. The van der Waals surface area contributed by atoms with Gasteiger partial charge in [0.15, 0.2) is 0 Å². The van der Waals surface area contributed by atoms with Crippen molar-refractivity contribution < 1.29 is 19.1 Å². The number of unbranched alkanes of at least 4 members (excludes halogenated alkanes) is 3. The van der Waals surface area contributed by atoms with E-state index in [-0.39, 0.29) is 5.78 Å². The van der Waals surface area contributed by atoms with Crippen LogP contribution in [0.1, 0.15) is 54.1 Å². The van der Waals surface area contributed by atoms with E-state index < -0.39 is 5.97 Å². The summed E-state index contributed by atoms with van der Waals surface area (Å²) in [5.41, 5.74) is 2.41. The van der Waals surface area contributed by atoms with Gasteiger partial charge in [0.25, 0.3) is 0 Å². The van der Waals surface area contributed by atoms with Crippen LogP contribution in [0.2, 0.25) is 0 Å². The number of rotatable bonds is 9. The molecule has 0 radical (unpaired) electrons. The first-order chi connectivity index (χ1) is 14.6. The molecule has 0 amide bonds.